The number of rotatable bonds is 4. The Kier molecular flexibility index (Phi) is 4.73. The van der Waals surface area contributed by atoms with Crippen molar-refractivity contribution in [3.8, 4) is 0 Å². The lowest BCUT2D eigenvalue weighted by Gasteiger charge is -2.34. The Balaban J connectivity index is 2.74. The van der Waals surface area contributed by atoms with E-state index in [0.717, 1.165) is 13.1 Å². The first-order chi connectivity index (χ1) is 7.10. The van der Waals surface area contributed by atoms with Crippen molar-refractivity contribution in [3.63, 3.8) is 0 Å². The van der Waals surface area contributed by atoms with E-state index in [9.17, 15) is 9.59 Å². The summed E-state index contributed by atoms with van der Waals surface area (Å²) >= 11 is 2.90. The lowest BCUT2D eigenvalue weighted by molar-refractivity contribution is -0.158. The first-order valence-electron chi connectivity index (χ1n) is 5.17. The van der Waals surface area contributed by atoms with Crippen molar-refractivity contribution in [2.45, 2.75) is 26.2 Å². The minimum atomic E-state index is -0.609. The molecule has 0 spiro atoms. The smallest absolute Gasteiger partial charge is 0.312 e. The van der Waals surface area contributed by atoms with E-state index in [2.05, 4.69) is 21.2 Å². The van der Waals surface area contributed by atoms with Crippen LogP contribution < -0.4 is 5.32 Å². The Labute approximate surface area is 97.9 Å². The highest BCUT2D eigenvalue weighted by atomic mass is 79.9. The fourth-order valence-corrected chi connectivity index (χ4v) is 2.45. The third-order valence-corrected chi connectivity index (χ3v) is 3.03. The van der Waals surface area contributed by atoms with Gasteiger partial charge in [-0.1, -0.05) is 0 Å². The van der Waals surface area contributed by atoms with Gasteiger partial charge in [0.2, 0.25) is 0 Å². The lowest BCUT2D eigenvalue weighted by atomic mass is 9.76. The largest absolute Gasteiger partial charge is 0.466 e. The number of esters is 1. The molecular weight excluding hydrogens is 262 g/mol. The third-order valence-electron chi connectivity index (χ3n) is 2.75. The van der Waals surface area contributed by atoms with Gasteiger partial charge in [0.1, 0.15) is 0 Å². The molecule has 0 bridgehead atoms. The van der Waals surface area contributed by atoms with E-state index in [1.807, 2.05) is 0 Å². The maximum Gasteiger partial charge on any atom is 0.312 e. The summed E-state index contributed by atoms with van der Waals surface area (Å²) in [6.07, 6.45) is 1.57. The van der Waals surface area contributed by atoms with E-state index in [4.69, 9.17) is 4.74 Å². The second kappa shape index (κ2) is 5.61. The van der Waals surface area contributed by atoms with Crippen LogP contribution in [0.1, 0.15) is 26.2 Å². The van der Waals surface area contributed by atoms with Crippen LogP contribution in [0.25, 0.3) is 0 Å². The van der Waals surface area contributed by atoms with Gasteiger partial charge in [-0.15, -0.1) is 0 Å². The van der Waals surface area contributed by atoms with Crippen LogP contribution in [-0.2, 0) is 14.3 Å². The van der Waals surface area contributed by atoms with Gasteiger partial charge in [-0.05, 0) is 48.8 Å². The van der Waals surface area contributed by atoms with Crippen molar-refractivity contribution in [3.05, 3.63) is 0 Å². The molecule has 0 unspecified atom stereocenters. The standard InChI is InChI=1S/C10H16BrNO3/c1-2-15-9(14)10(7-8(11)13)3-5-12-6-4-10/h12H,2-7H2,1H3. The van der Waals surface area contributed by atoms with Gasteiger partial charge in [0, 0.05) is 6.42 Å². The summed E-state index contributed by atoms with van der Waals surface area (Å²) < 4.78 is 4.92. The number of ether oxygens (including phenoxy) is 1. The summed E-state index contributed by atoms with van der Waals surface area (Å²) in [5.74, 6) is -0.237. The average molecular weight is 278 g/mol. The van der Waals surface area contributed by atoms with Crippen LogP contribution in [-0.4, -0.2) is 30.4 Å². The Morgan fingerprint density at radius 1 is 1.40 bits per heavy atom. The number of piperidine rings is 1. The van der Waals surface area contributed by atoms with Crippen LogP contribution in [0, 0.1) is 5.41 Å². The molecule has 15 heavy (non-hydrogen) atoms. The summed E-state index contributed by atoms with van der Waals surface area (Å²) in [5.41, 5.74) is -0.609. The topological polar surface area (TPSA) is 55.4 Å². The molecule has 0 saturated carbocycles. The van der Waals surface area contributed by atoms with Gasteiger partial charge in [0.25, 0.3) is 0 Å². The lowest BCUT2D eigenvalue weighted by Crippen LogP contribution is -2.44. The van der Waals surface area contributed by atoms with E-state index in [1.165, 1.54) is 0 Å². The first-order valence-corrected chi connectivity index (χ1v) is 5.96. The van der Waals surface area contributed by atoms with Gasteiger partial charge < -0.3 is 10.1 Å². The van der Waals surface area contributed by atoms with Crippen LogP contribution in [0.4, 0.5) is 0 Å². The van der Waals surface area contributed by atoms with Crippen molar-refractivity contribution in [2.24, 2.45) is 5.41 Å². The molecule has 1 heterocycles. The van der Waals surface area contributed by atoms with Gasteiger partial charge in [0.05, 0.1) is 12.0 Å². The molecule has 1 N–H and O–H groups in total. The molecule has 1 fully saturated rings. The SMILES string of the molecule is CCOC(=O)C1(CC(=O)Br)CCNCC1. The second-order valence-corrected chi connectivity index (χ2v) is 4.67. The molecular formula is C10H16BrNO3. The normalized spacial score (nSPS) is 19.6. The predicted octanol–water partition coefficient (Wildman–Crippen LogP) is 1.23. The van der Waals surface area contributed by atoms with Gasteiger partial charge in [0.15, 0.2) is 4.69 Å². The fraction of sp³-hybridized carbons (Fsp3) is 0.800. The molecule has 1 aliphatic rings. The van der Waals surface area contributed by atoms with E-state index in [1.54, 1.807) is 6.92 Å². The summed E-state index contributed by atoms with van der Waals surface area (Å²) in [6.45, 7) is 3.67. The molecule has 0 aromatic heterocycles. The Morgan fingerprint density at radius 3 is 2.47 bits per heavy atom. The molecule has 5 heteroatoms. The monoisotopic (exact) mass is 277 g/mol. The minimum Gasteiger partial charge on any atom is -0.466 e. The molecule has 0 radical (unpaired) electrons. The van der Waals surface area contributed by atoms with Gasteiger partial charge in [-0.3, -0.25) is 9.59 Å². The number of carbonyl (C=O) groups excluding carboxylic acids is 2. The quantitative estimate of drug-likeness (QED) is 0.621. The summed E-state index contributed by atoms with van der Waals surface area (Å²) in [6, 6.07) is 0. The Bertz CT molecular complexity index is 249. The molecule has 0 aromatic rings. The van der Waals surface area contributed by atoms with Gasteiger partial charge in [-0.25, -0.2) is 0 Å². The number of carbonyl (C=O) groups is 2. The molecule has 0 atom stereocenters. The minimum absolute atomic E-state index is 0.127. The highest BCUT2D eigenvalue weighted by Gasteiger charge is 2.42. The Morgan fingerprint density at radius 2 is 2.00 bits per heavy atom. The van der Waals surface area contributed by atoms with Crippen LogP contribution >= 0.6 is 15.9 Å². The molecule has 0 amide bonds. The van der Waals surface area contributed by atoms with Gasteiger partial charge in [-0.2, -0.15) is 0 Å². The summed E-state index contributed by atoms with van der Waals surface area (Å²) in [7, 11) is 0. The maximum atomic E-state index is 11.8. The zero-order valence-corrected chi connectivity index (χ0v) is 10.4. The predicted molar refractivity (Wildman–Crippen MR) is 59.7 cm³/mol. The van der Waals surface area contributed by atoms with Gasteiger partial charge >= 0.3 is 5.97 Å². The molecule has 86 valence electrons. The number of halogens is 1. The van der Waals surface area contributed by atoms with Crippen LogP contribution in [0.2, 0.25) is 0 Å². The zero-order valence-electron chi connectivity index (χ0n) is 8.85. The van der Waals surface area contributed by atoms with Crippen LogP contribution in [0.3, 0.4) is 0 Å². The van der Waals surface area contributed by atoms with Crippen molar-refractivity contribution in [2.75, 3.05) is 19.7 Å². The molecule has 1 saturated heterocycles. The van der Waals surface area contributed by atoms with E-state index >= 15 is 0 Å². The van der Waals surface area contributed by atoms with Crippen LogP contribution in [0.15, 0.2) is 0 Å². The van der Waals surface area contributed by atoms with E-state index in [0.29, 0.717) is 19.4 Å². The number of nitrogens with one attached hydrogen (secondary N) is 1. The molecule has 0 aliphatic carbocycles. The first kappa shape index (κ1) is 12.6. The Hall–Kier alpha value is -0.420. The van der Waals surface area contributed by atoms with Crippen molar-refractivity contribution in [1.82, 2.24) is 5.32 Å². The maximum absolute atomic E-state index is 11.8. The molecule has 1 aliphatic heterocycles. The van der Waals surface area contributed by atoms with Crippen molar-refractivity contribution >= 4 is 26.6 Å². The highest BCUT2D eigenvalue weighted by molar-refractivity contribution is 9.18. The van der Waals surface area contributed by atoms with E-state index in [-0.39, 0.29) is 17.1 Å². The zero-order chi connectivity index (χ0) is 11.3. The van der Waals surface area contributed by atoms with E-state index < -0.39 is 5.41 Å². The second-order valence-electron chi connectivity index (χ2n) is 3.78. The molecule has 0 aromatic carbocycles. The highest BCUT2D eigenvalue weighted by Crippen LogP contribution is 2.35. The van der Waals surface area contributed by atoms with Crippen molar-refractivity contribution in [1.29, 1.82) is 0 Å². The van der Waals surface area contributed by atoms with Crippen molar-refractivity contribution < 1.29 is 14.3 Å². The molecule has 4 nitrogen and oxygen atoms in total. The number of hydrogen-bond acceptors (Lipinski definition) is 4. The number of hydrogen-bond donors (Lipinski definition) is 1. The fourth-order valence-electron chi connectivity index (χ4n) is 1.91. The molecule has 1 rings (SSSR count). The average Bonchev–Trinajstić information content (AvgIpc) is 2.18. The third kappa shape index (κ3) is 3.28. The van der Waals surface area contributed by atoms with Crippen LogP contribution in [0.5, 0.6) is 0 Å². The summed E-state index contributed by atoms with van der Waals surface area (Å²) in [4.78, 5) is 22.9. The summed E-state index contributed by atoms with van der Waals surface area (Å²) in [5, 5.41) is 3.18.